The van der Waals surface area contributed by atoms with E-state index in [0.717, 1.165) is 28.3 Å². The Balaban J connectivity index is 1.83. The summed E-state index contributed by atoms with van der Waals surface area (Å²) in [5, 5.41) is 11.2. The van der Waals surface area contributed by atoms with Gasteiger partial charge in [0.2, 0.25) is 5.91 Å². The van der Waals surface area contributed by atoms with E-state index >= 15 is 0 Å². The van der Waals surface area contributed by atoms with E-state index in [2.05, 4.69) is 22.0 Å². The van der Waals surface area contributed by atoms with E-state index in [1.807, 2.05) is 6.07 Å². The molecular formula is C29H28ClF3N6O4. The minimum atomic E-state index is -2.93. The van der Waals surface area contributed by atoms with Crippen molar-refractivity contribution < 1.29 is 32.3 Å². The third-order valence-electron chi connectivity index (χ3n) is 7.20. The van der Waals surface area contributed by atoms with E-state index in [4.69, 9.17) is 16.3 Å². The van der Waals surface area contributed by atoms with Gasteiger partial charge in [0.15, 0.2) is 0 Å². The Morgan fingerprint density at radius 3 is 2.67 bits per heavy atom. The van der Waals surface area contributed by atoms with Crippen molar-refractivity contribution >= 4 is 41.9 Å². The van der Waals surface area contributed by atoms with Crippen LogP contribution in [0.4, 0.5) is 23.7 Å². The van der Waals surface area contributed by atoms with Crippen molar-refractivity contribution in [3.05, 3.63) is 72.1 Å². The smallest absolute Gasteiger partial charge is 0.416 e. The summed E-state index contributed by atoms with van der Waals surface area (Å²) in [7, 11) is 0. The first kappa shape index (κ1) is 31.5. The Labute approximate surface area is 250 Å². The predicted octanol–water partition coefficient (Wildman–Crippen LogP) is 4.41. The zero-order valence-electron chi connectivity index (χ0n) is 23.0. The molecule has 0 spiro atoms. The molecule has 0 radical (unpaired) electrons. The normalized spacial score (nSPS) is 24.3. The number of allylic oxidation sites excluding steroid dienone is 6. The number of cyclic esters (lactones) is 1. The molecule has 10 nitrogen and oxygen atoms in total. The fraction of sp³-hybridized carbons (Fsp3) is 0.379. The number of carbonyl (C=O) groups is 3. The van der Waals surface area contributed by atoms with Crippen LogP contribution in [-0.2, 0) is 14.3 Å². The molecule has 3 amide bonds. The molecule has 43 heavy (non-hydrogen) atoms. The lowest BCUT2D eigenvalue weighted by Gasteiger charge is -2.43. The van der Waals surface area contributed by atoms with Crippen LogP contribution in [0, 0.1) is 23.1 Å². The van der Waals surface area contributed by atoms with Crippen molar-refractivity contribution in [3.8, 4) is 6.07 Å². The number of aromatic nitrogens is 1. The first-order chi connectivity index (χ1) is 20.5. The van der Waals surface area contributed by atoms with Crippen LogP contribution < -0.4 is 10.2 Å². The topological polar surface area (TPSA) is 128 Å². The molecule has 1 saturated carbocycles. The second kappa shape index (κ2) is 13.2. The molecule has 1 N–H and O–H groups in total. The average Bonchev–Trinajstić information content (AvgIpc) is 2.96. The molecule has 2 unspecified atom stereocenters. The number of ether oxygens (including phenoxy) is 1. The largest absolute Gasteiger partial charge is 0.449 e. The Morgan fingerprint density at radius 1 is 1.35 bits per heavy atom. The number of hydrogen-bond donors (Lipinski definition) is 1. The number of amides is 3. The van der Waals surface area contributed by atoms with Crippen molar-refractivity contribution in [1.82, 2.24) is 15.2 Å². The van der Waals surface area contributed by atoms with Crippen LogP contribution in [0.5, 0.6) is 0 Å². The molecule has 3 aliphatic rings. The highest BCUT2D eigenvalue weighted by Gasteiger charge is 2.49. The molecule has 0 aromatic carbocycles. The van der Waals surface area contributed by atoms with Gasteiger partial charge in [-0.15, -0.1) is 11.6 Å². The van der Waals surface area contributed by atoms with Gasteiger partial charge in [0.25, 0.3) is 11.8 Å². The summed E-state index contributed by atoms with van der Waals surface area (Å²) in [4.78, 5) is 51.0. The van der Waals surface area contributed by atoms with Crippen LogP contribution in [0.1, 0.15) is 26.2 Å². The van der Waals surface area contributed by atoms with Crippen molar-refractivity contribution in [2.24, 2.45) is 10.9 Å². The highest BCUT2D eigenvalue weighted by molar-refractivity contribution is 6.22. The number of nitriles is 1. The third kappa shape index (κ3) is 6.97. The van der Waals surface area contributed by atoms with E-state index in [9.17, 15) is 32.8 Å². The summed E-state index contributed by atoms with van der Waals surface area (Å²) in [5.41, 5.74) is -0.0325. The summed E-state index contributed by atoms with van der Waals surface area (Å²) < 4.78 is 46.9. The van der Waals surface area contributed by atoms with Gasteiger partial charge in [-0.1, -0.05) is 30.4 Å². The van der Waals surface area contributed by atoms with Gasteiger partial charge in [0.05, 0.1) is 41.7 Å². The Morgan fingerprint density at radius 2 is 2.07 bits per heavy atom. The second-order valence-electron chi connectivity index (χ2n) is 10.1. The average molecular weight is 617 g/mol. The standard InChI is InChI=1S/C29H28ClF3N6O4/c1-3-17(14-34)10-24(35-2)39-23(8-9-43-28(39)42)27(41)38(20-11-18(31)15-36-16-20)25(21-6-4-5-7-22(21)30)26(40)37-19-12-29(32,33)13-19/h3-7,10-11,15-16,19,21-23,25H,2,8-9,12-13H2,1H3,(H,37,40)/b17-3+,24-10+/t21?,22?,23-,25-/m0/s1. The van der Waals surface area contributed by atoms with Crippen molar-refractivity contribution in [2.45, 2.75) is 55.6 Å². The van der Waals surface area contributed by atoms with Crippen LogP contribution in [0.2, 0.25) is 0 Å². The SMILES string of the molecule is C=N/C(=C\C(C#N)=C/C)N1C(=O)OCC[C@H]1C(=O)N(c1cncc(F)c1)[C@H](C(=O)NC1CC(F)(F)C1)C1C=CC=CC1Cl. The first-order valence-corrected chi connectivity index (χ1v) is 13.7. The van der Waals surface area contributed by atoms with Gasteiger partial charge in [0.1, 0.15) is 23.7 Å². The van der Waals surface area contributed by atoms with Crippen molar-refractivity contribution in [2.75, 3.05) is 11.5 Å². The van der Waals surface area contributed by atoms with Crippen molar-refractivity contribution in [1.29, 1.82) is 5.26 Å². The molecule has 4 rings (SSSR count). The van der Waals surface area contributed by atoms with Gasteiger partial charge >= 0.3 is 6.09 Å². The Kier molecular flexibility index (Phi) is 9.70. The van der Waals surface area contributed by atoms with Crippen LogP contribution in [0.25, 0.3) is 0 Å². The number of anilines is 1. The fourth-order valence-corrected chi connectivity index (χ4v) is 5.40. The highest BCUT2D eigenvalue weighted by atomic mass is 35.5. The minimum Gasteiger partial charge on any atom is -0.449 e. The Hall–Kier alpha value is -4.44. The number of halogens is 4. The molecule has 1 aromatic heterocycles. The molecule has 1 aromatic rings. The summed E-state index contributed by atoms with van der Waals surface area (Å²) in [6.07, 6.45) is 8.96. The molecule has 4 atom stereocenters. The molecule has 2 aliphatic carbocycles. The number of nitrogens with one attached hydrogen (secondary N) is 1. The number of nitrogens with zero attached hydrogens (tertiary/aromatic N) is 5. The number of aliphatic imine (C=N–C) groups is 1. The molecule has 226 valence electrons. The van der Waals surface area contributed by atoms with E-state index in [1.165, 1.54) is 12.2 Å². The van der Waals surface area contributed by atoms with E-state index < -0.39 is 71.9 Å². The number of carbonyl (C=O) groups excluding carboxylic acids is 3. The minimum absolute atomic E-state index is 0.0810. The van der Waals surface area contributed by atoms with Gasteiger partial charge in [-0.2, -0.15) is 5.26 Å². The van der Waals surface area contributed by atoms with Gasteiger partial charge in [-0.3, -0.25) is 19.5 Å². The van der Waals surface area contributed by atoms with Crippen LogP contribution in [0.15, 0.2) is 71.3 Å². The molecule has 1 saturated heterocycles. The van der Waals surface area contributed by atoms with E-state index in [-0.39, 0.29) is 30.1 Å². The molecular weight excluding hydrogens is 589 g/mol. The number of alkyl halides is 3. The lowest BCUT2D eigenvalue weighted by Crippen LogP contribution is -2.63. The lowest BCUT2D eigenvalue weighted by molar-refractivity contribution is -0.134. The molecule has 1 aliphatic heterocycles. The van der Waals surface area contributed by atoms with E-state index in [0.29, 0.717) is 0 Å². The maximum Gasteiger partial charge on any atom is 0.416 e. The summed E-state index contributed by atoms with van der Waals surface area (Å²) >= 11 is 6.60. The van der Waals surface area contributed by atoms with Gasteiger partial charge < -0.3 is 10.1 Å². The summed E-state index contributed by atoms with van der Waals surface area (Å²) in [5.74, 6) is -6.50. The molecule has 2 heterocycles. The van der Waals surface area contributed by atoms with Crippen LogP contribution >= 0.6 is 11.6 Å². The second-order valence-corrected chi connectivity index (χ2v) is 10.6. The zero-order chi connectivity index (χ0) is 31.3. The number of hydrogen-bond acceptors (Lipinski definition) is 7. The molecule has 2 fully saturated rings. The maximum atomic E-state index is 14.6. The maximum absolute atomic E-state index is 14.6. The predicted molar refractivity (Wildman–Crippen MR) is 152 cm³/mol. The number of pyridine rings is 1. The van der Waals surface area contributed by atoms with Gasteiger partial charge in [0, 0.05) is 37.3 Å². The van der Waals surface area contributed by atoms with Gasteiger partial charge in [-0.05, 0) is 19.7 Å². The van der Waals surface area contributed by atoms with Crippen LogP contribution in [-0.4, -0.2) is 70.5 Å². The van der Waals surface area contributed by atoms with E-state index in [1.54, 1.807) is 31.2 Å². The van der Waals surface area contributed by atoms with Gasteiger partial charge in [-0.25, -0.2) is 27.9 Å². The monoisotopic (exact) mass is 616 g/mol. The van der Waals surface area contributed by atoms with Crippen molar-refractivity contribution in [3.63, 3.8) is 0 Å². The Bertz CT molecular complexity index is 1450. The molecule has 14 heteroatoms. The quantitative estimate of drug-likeness (QED) is 0.189. The fourth-order valence-electron chi connectivity index (χ4n) is 5.09. The van der Waals surface area contributed by atoms with Crippen LogP contribution in [0.3, 0.4) is 0 Å². The highest BCUT2D eigenvalue weighted by Crippen LogP contribution is 2.38. The number of rotatable bonds is 9. The summed E-state index contributed by atoms with van der Waals surface area (Å²) in [6, 6.07) is -0.806. The first-order valence-electron chi connectivity index (χ1n) is 13.3. The third-order valence-corrected chi connectivity index (χ3v) is 7.64. The molecule has 0 bridgehead atoms. The summed E-state index contributed by atoms with van der Waals surface area (Å²) in [6.45, 7) is 4.86. The lowest BCUT2D eigenvalue weighted by atomic mass is 9.86. The zero-order valence-corrected chi connectivity index (χ0v) is 23.8.